The van der Waals surface area contributed by atoms with Crippen molar-refractivity contribution in [3.8, 4) is 5.75 Å². The molecule has 0 aliphatic heterocycles. The molecule has 0 heterocycles. The van der Waals surface area contributed by atoms with Crippen LogP contribution in [0.15, 0.2) is 23.6 Å². The van der Waals surface area contributed by atoms with Gasteiger partial charge in [0.25, 0.3) is 0 Å². The van der Waals surface area contributed by atoms with Gasteiger partial charge in [-0.25, -0.2) is 0 Å². The maximum Gasteiger partial charge on any atom is 0.119 e. The molecule has 0 saturated carbocycles. The molecule has 0 saturated heterocycles. The van der Waals surface area contributed by atoms with Crippen molar-refractivity contribution in [1.29, 1.82) is 0 Å². The molecule has 0 radical (unpaired) electrons. The van der Waals surface area contributed by atoms with Crippen LogP contribution in [0.4, 0.5) is 0 Å². The van der Waals surface area contributed by atoms with Crippen molar-refractivity contribution in [2.24, 2.45) is 0 Å². The van der Waals surface area contributed by atoms with Crippen LogP contribution >= 0.6 is 12.6 Å². The summed E-state index contributed by atoms with van der Waals surface area (Å²) in [6, 6.07) is 5.75. The summed E-state index contributed by atoms with van der Waals surface area (Å²) in [5.74, 6) is 0.784. The van der Waals surface area contributed by atoms with Crippen molar-refractivity contribution in [2.45, 2.75) is 6.92 Å². The Morgan fingerprint density at radius 1 is 1.57 bits per heavy atom. The lowest BCUT2D eigenvalue weighted by atomic mass is 10.0. The van der Waals surface area contributed by atoms with Crippen LogP contribution in [0.5, 0.6) is 5.75 Å². The lowest BCUT2D eigenvalue weighted by molar-refractivity contribution is 0.350. The molecule has 1 rings (SSSR count). The monoisotopic (exact) mass is 210 g/mol. The maximum atomic E-state index is 9.11. The average molecular weight is 210 g/mol. The molecule has 0 aromatic heterocycles. The third-order valence-electron chi connectivity index (χ3n) is 2.12. The van der Waals surface area contributed by atoms with Gasteiger partial charge in [-0.15, -0.1) is 0 Å². The number of hydrogen-bond donors (Lipinski definition) is 2. The van der Waals surface area contributed by atoms with E-state index in [-0.39, 0.29) is 6.61 Å². The SMILES string of the molecule is COc1ccc(C)c(/C(=C\S)CO)c1. The molecule has 0 unspecified atom stereocenters. The highest BCUT2D eigenvalue weighted by Crippen LogP contribution is 2.24. The van der Waals surface area contributed by atoms with Crippen LogP contribution in [-0.4, -0.2) is 18.8 Å². The van der Waals surface area contributed by atoms with Crippen molar-refractivity contribution in [1.82, 2.24) is 0 Å². The molecule has 0 amide bonds. The molecule has 14 heavy (non-hydrogen) atoms. The normalized spacial score (nSPS) is 11.6. The van der Waals surface area contributed by atoms with Gasteiger partial charge in [0.1, 0.15) is 5.75 Å². The van der Waals surface area contributed by atoms with Crippen molar-refractivity contribution < 1.29 is 9.84 Å². The number of thiol groups is 1. The molecule has 2 nitrogen and oxygen atoms in total. The summed E-state index contributed by atoms with van der Waals surface area (Å²) in [6.45, 7) is 1.97. The summed E-state index contributed by atoms with van der Waals surface area (Å²) in [5.41, 5.74) is 2.87. The average Bonchev–Trinajstić information content (AvgIpc) is 2.22. The Kier molecular flexibility index (Phi) is 4.04. The van der Waals surface area contributed by atoms with E-state index in [4.69, 9.17) is 9.84 Å². The Morgan fingerprint density at radius 3 is 2.79 bits per heavy atom. The lowest BCUT2D eigenvalue weighted by Crippen LogP contribution is -1.94. The van der Waals surface area contributed by atoms with Crippen molar-refractivity contribution >= 4 is 18.2 Å². The predicted molar refractivity (Wildman–Crippen MR) is 61.8 cm³/mol. The number of aliphatic hydroxyl groups is 1. The van der Waals surface area contributed by atoms with E-state index < -0.39 is 0 Å². The molecule has 76 valence electrons. The van der Waals surface area contributed by atoms with E-state index in [1.165, 1.54) is 0 Å². The van der Waals surface area contributed by atoms with E-state index >= 15 is 0 Å². The van der Waals surface area contributed by atoms with Gasteiger partial charge < -0.3 is 9.84 Å². The lowest BCUT2D eigenvalue weighted by Gasteiger charge is -2.09. The van der Waals surface area contributed by atoms with Crippen LogP contribution in [0.3, 0.4) is 0 Å². The van der Waals surface area contributed by atoms with E-state index in [9.17, 15) is 0 Å². The first-order valence-electron chi connectivity index (χ1n) is 4.32. The first-order chi connectivity index (χ1) is 6.72. The molecule has 0 aliphatic carbocycles. The highest BCUT2D eigenvalue weighted by Gasteiger charge is 2.04. The van der Waals surface area contributed by atoms with Crippen LogP contribution in [-0.2, 0) is 0 Å². The number of rotatable bonds is 3. The quantitative estimate of drug-likeness (QED) is 0.749. The van der Waals surface area contributed by atoms with E-state index in [2.05, 4.69) is 12.6 Å². The zero-order valence-electron chi connectivity index (χ0n) is 8.32. The number of methoxy groups -OCH3 is 1. The van der Waals surface area contributed by atoms with Crippen molar-refractivity contribution in [3.63, 3.8) is 0 Å². The zero-order chi connectivity index (χ0) is 10.6. The van der Waals surface area contributed by atoms with E-state index in [1.54, 1.807) is 12.5 Å². The minimum absolute atomic E-state index is 0.0164. The first kappa shape index (κ1) is 11.1. The van der Waals surface area contributed by atoms with Crippen LogP contribution in [0.2, 0.25) is 0 Å². The largest absolute Gasteiger partial charge is 0.497 e. The number of aliphatic hydroxyl groups excluding tert-OH is 1. The van der Waals surface area contributed by atoms with E-state index in [1.807, 2.05) is 25.1 Å². The number of aryl methyl sites for hydroxylation is 1. The molecular formula is C11H14O2S. The Bertz CT molecular complexity index is 345. The zero-order valence-corrected chi connectivity index (χ0v) is 9.21. The summed E-state index contributed by atoms with van der Waals surface area (Å²) in [4.78, 5) is 0. The summed E-state index contributed by atoms with van der Waals surface area (Å²) < 4.78 is 5.12. The van der Waals surface area contributed by atoms with Gasteiger partial charge in [-0.05, 0) is 41.2 Å². The van der Waals surface area contributed by atoms with Crippen LogP contribution < -0.4 is 4.74 Å². The van der Waals surface area contributed by atoms with Crippen LogP contribution in [0.25, 0.3) is 5.57 Å². The second-order valence-electron chi connectivity index (χ2n) is 2.99. The van der Waals surface area contributed by atoms with Gasteiger partial charge in [0, 0.05) is 0 Å². The van der Waals surface area contributed by atoms with Gasteiger partial charge in [0.2, 0.25) is 0 Å². The third kappa shape index (κ3) is 2.30. The molecule has 1 N–H and O–H groups in total. The van der Waals surface area contributed by atoms with Crippen molar-refractivity contribution in [3.05, 3.63) is 34.7 Å². The minimum atomic E-state index is -0.0164. The molecule has 1 aromatic rings. The van der Waals surface area contributed by atoms with Crippen LogP contribution in [0.1, 0.15) is 11.1 Å². The molecule has 1 aromatic carbocycles. The predicted octanol–water partition coefficient (Wildman–Crippen LogP) is 2.27. The van der Waals surface area contributed by atoms with Gasteiger partial charge in [-0.1, -0.05) is 6.07 Å². The van der Waals surface area contributed by atoms with Gasteiger partial charge in [-0.3, -0.25) is 0 Å². The highest BCUT2D eigenvalue weighted by molar-refractivity contribution is 7.83. The van der Waals surface area contributed by atoms with Crippen molar-refractivity contribution in [2.75, 3.05) is 13.7 Å². The molecule has 0 atom stereocenters. The smallest absolute Gasteiger partial charge is 0.119 e. The van der Waals surface area contributed by atoms with Gasteiger partial charge in [-0.2, -0.15) is 12.6 Å². The Balaban J connectivity index is 3.18. The Labute approximate surface area is 89.6 Å². The molecule has 0 fully saturated rings. The molecule has 0 aliphatic rings. The summed E-state index contributed by atoms with van der Waals surface area (Å²) >= 11 is 4.05. The third-order valence-corrected chi connectivity index (χ3v) is 2.43. The number of hydrogen-bond acceptors (Lipinski definition) is 3. The second kappa shape index (κ2) is 5.08. The Morgan fingerprint density at radius 2 is 2.29 bits per heavy atom. The Hall–Kier alpha value is -0.930. The fraction of sp³-hybridized carbons (Fsp3) is 0.273. The van der Waals surface area contributed by atoms with E-state index in [0.717, 1.165) is 22.4 Å². The van der Waals surface area contributed by atoms with Gasteiger partial charge in [0.15, 0.2) is 0 Å². The topological polar surface area (TPSA) is 29.5 Å². The van der Waals surface area contributed by atoms with Gasteiger partial charge in [0.05, 0.1) is 13.7 Å². The number of benzene rings is 1. The fourth-order valence-corrected chi connectivity index (χ4v) is 1.49. The standard InChI is InChI=1S/C11H14O2S/c1-8-3-4-10(13-2)5-11(8)9(6-12)7-14/h3-5,7,12,14H,6H2,1-2H3/b9-7-. The number of ether oxygens (including phenoxy) is 1. The summed E-state index contributed by atoms with van der Waals surface area (Å²) in [6.07, 6.45) is 0. The van der Waals surface area contributed by atoms with E-state index in [0.29, 0.717) is 0 Å². The highest BCUT2D eigenvalue weighted by atomic mass is 32.1. The summed E-state index contributed by atoms with van der Waals surface area (Å²) in [5, 5.41) is 10.7. The first-order valence-corrected chi connectivity index (χ1v) is 4.83. The van der Waals surface area contributed by atoms with Gasteiger partial charge >= 0.3 is 0 Å². The minimum Gasteiger partial charge on any atom is -0.497 e. The fourth-order valence-electron chi connectivity index (χ4n) is 1.27. The summed E-state index contributed by atoms with van der Waals surface area (Å²) in [7, 11) is 1.62. The maximum absolute atomic E-state index is 9.11. The molecule has 0 spiro atoms. The van der Waals surface area contributed by atoms with Crippen LogP contribution in [0, 0.1) is 6.92 Å². The second-order valence-corrected chi connectivity index (χ2v) is 3.25. The molecular weight excluding hydrogens is 196 g/mol. The molecule has 3 heteroatoms. The molecule has 0 bridgehead atoms.